The van der Waals surface area contributed by atoms with Crippen molar-refractivity contribution in [2.75, 3.05) is 0 Å². The van der Waals surface area contributed by atoms with Crippen molar-refractivity contribution in [1.82, 2.24) is 4.98 Å². The Morgan fingerprint density at radius 3 is 2.41 bits per heavy atom. The van der Waals surface area contributed by atoms with E-state index in [0.29, 0.717) is 0 Å². The molecule has 0 spiro atoms. The predicted molar refractivity (Wildman–Crippen MR) is 70.0 cm³/mol. The summed E-state index contributed by atoms with van der Waals surface area (Å²) in [4.78, 5) is 17.0. The molecule has 0 amide bonds. The van der Waals surface area contributed by atoms with Gasteiger partial charge in [-0.05, 0) is 31.2 Å². The summed E-state index contributed by atoms with van der Waals surface area (Å²) in [5, 5.41) is -0.224. The molecule has 1 aromatic carbocycles. The van der Waals surface area contributed by atoms with Crippen molar-refractivity contribution >= 4 is 17.5 Å². The Morgan fingerprint density at radius 1 is 1.12 bits per heavy atom. The summed E-state index contributed by atoms with van der Waals surface area (Å²) in [6.45, 7) is 1.61. The van der Waals surface area contributed by atoms with E-state index < -0.39 is 0 Å². The van der Waals surface area contributed by atoms with Gasteiger partial charge >= 0.3 is 0 Å². The zero-order valence-corrected chi connectivity index (χ0v) is 10.4. The number of ketones is 1. The lowest BCUT2D eigenvalue weighted by molar-refractivity contribution is -0.116. The quantitative estimate of drug-likeness (QED) is 0.770. The van der Waals surface area contributed by atoms with E-state index in [1.165, 1.54) is 11.8 Å². The number of Topliss-reactive ketones (excluding diaryl/α,β-unsaturated/α-hetero) is 1. The maximum Gasteiger partial charge on any atom is 0.149 e. The summed E-state index contributed by atoms with van der Waals surface area (Å²) >= 11 is 1.54. The van der Waals surface area contributed by atoms with Gasteiger partial charge in [-0.1, -0.05) is 24.3 Å². The summed E-state index contributed by atoms with van der Waals surface area (Å²) in [6, 6.07) is 15.6. The lowest BCUT2D eigenvalue weighted by atomic mass is 10.2. The highest BCUT2D eigenvalue weighted by atomic mass is 32.2. The molecule has 0 aliphatic carbocycles. The summed E-state index contributed by atoms with van der Waals surface area (Å²) in [5.74, 6) is 0.123. The summed E-state index contributed by atoms with van der Waals surface area (Å²) in [6.07, 6.45) is 1.72. The second-order valence-electron chi connectivity index (χ2n) is 3.68. The molecule has 1 aromatic heterocycles. The van der Waals surface area contributed by atoms with Gasteiger partial charge in [0.1, 0.15) is 11.0 Å². The number of thioether (sulfide) groups is 1. The summed E-state index contributed by atoms with van der Waals surface area (Å²) in [5.41, 5.74) is 0.814. The van der Waals surface area contributed by atoms with Crippen molar-refractivity contribution in [2.24, 2.45) is 0 Å². The van der Waals surface area contributed by atoms with Gasteiger partial charge in [-0.2, -0.15) is 0 Å². The third-order valence-electron chi connectivity index (χ3n) is 2.32. The predicted octanol–water partition coefficient (Wildman–Crippen LogP) is 3.50. The zero-order chi connectivity index (χ0) is 12.1. The first-order valence-electron chi connectivity index (χ1n) is 5.40. The Balaban J connectivity index is 2.23. The van der Waals surface area contributed by atoms with Gasteiger partial charge in [0.05, 0.1) is 5.69 Å². The van der Waals surface area contributed by atoms with Crippen LogP contribution in [0.15, 0.2) is 59.6 Å². The molecule has 0 radical (unpaired) electrons. The van der Waals surface area contributed by atoms with E-state index in [2.05, 4.69) is 4.98 Å². The number of carbonyl (C=O) groups excluding carboxylic acids is 1. The van der Waals surface area contributed by atoms with Crippen molar-refractivity contribution in [1.29, 1.82) is 0 Å². The molecular weight excluding hydrogens is 230 g/mol. The highest BCUT2D eigenvalue weighted by Crippen LogP contribution is 2.34. The number of rotatable bonds is 4. The Kier molecular flexibility index (Phi) is 3.94. The van der Waals surface area contributed by atoms with E-state index in [-0.39, 0.29) is 11.0 Å². The third kappa shape index (κ3) is 3.17. The fraction of sp³-hybridized carbons (Fsp3) is 0.143. The van der Waals surface area contributed by atoms with Crippen LogP contribution in [0.3, 0.4) is 0 Å². The zero-order valence-electron chi connectivity index (χ0n) is 9.54. The van der Waals surface area contributed by atoms with Gasteiger partial charge in [0.15, 0.2) is 0 Å². The molecule has 2 aromatic rings. The maximum absolute atomic E-state index is 11.7. The standard InChI is InChI=1S/C14H13NOS/c1-11(16)14(13-9-5-6-10-15-13)17-12-7-3-2-4-8-12/h2-10,14H,1H3. The Morgan fingerprint density at radius 2 is 1.82 bits per heavy atom. The van der Waals surface area contributed by atoms with Crippen LogP contribution in [0.25, 0.3) is 0 Å². The Hall–Kier alpha value is -1.61. The van der Waals surface area contributed by atoms with Crippen molar-refractivity contribution in [2.45, 2.75) is 17.1 Å². The van der Waals surface area contributed by atoms with Crippen LogP contribution in [0.1, 0.15) is 17.9 Å². The third-order valence-corrected chi connectivity index (χ3v) is 3.68. The van der Waals surface area contributed by atoms with Crippen molar-refractivity contribution in [3.8, 4) is 0 Å². The van der Waals surface area contributed by atoms with Crippen LogP contribution in [0.2, 0.25) is 0 Å². The number of hydrogen-bond acceptors (Lipinski definition) is 3. The molecule has 0 fully saturated rings. The first kappa shape index (κ1) is 11.9. The summed E-state index contributed by atoms with van der Waals surface area (Å²) in [7, 11) is 0. The van der Waals surface area contributed by atoms with Crippen LogP contribution in [-0.2, 0) is 4.79 Å². The van der Waals surface area contributed by atoms with Crippen LogP contribution < -0.4 is 0 Å². The number of nitrogens with zero attached hydrogens (tertiary/aromatic N) is 1. The molecule has 1 unspecified atom stereocenters. The van der Waals surface area contributed by atoms with Gasteiger partial charge in [0, 0.05) is 11.1 Å². The molecule has 86 valence electrons. The minimum atomic E-state index is -0.224. The lowest BCUT2D eigenvalue weighted by Gasteiger charge is -2.12. The topological polar surface area (TPSA) is 30.0 Å². The van der Waals surface area contributed by atoms with Crippen LogP contribution in [-0.4, -0.2) is 10.8 Å². The van der Waals surface area contributed by atoms with Crippen molar-refractivity contribution in [3.05, 3.63) is 60.4 Å². The molecule has 2 nitrogen and oxygen atoms in total. The van der Waals surface area contributed by atoms with E-state index in [1.807, 2.05) is 48.5 Å². The van der Waals surface area contributed by atoms with Crippen LogP contribution in [0.5, 0.6) is 0 Å². The molecule has 0 saturated carbocycles. The van der Waals surface area contributed by atoms with Gasteiger partial charge in [0.25, 0.3) is 0 Å². The van der Waals surface area contributed by atoms with E-state index >= 15 is 0 Å². The molecule has 0 saturated heterocycles. The van der Waals surface area contributed by atoms with Gasteiger partial charge in [0.2, 0.25) is 0 Å². The number of hydrogen-bond donors (Lipinski definition) is 0. The maximum atomic E-state index is 11.7. The molecule has 1 atom stereocenters. The van der Waals surface area contributed by atoms with Crippen LogP contribution in [0.4, 0.5) is 0 Å². The minimum absolute atomic E-state index is 0.123. The second-order valence-corrected chi connectivity index (χ2v) is 4.85. The fourth-order valence-electron chi connectivity index (χ4n) is 1.52. The van der Waals surface area contributed by atoms with Crippen molar-refractivity contribution in [3.63, 3.8) is 0 Å². The largest absolute Gasteiger partial charge is 0.298 e. The van der Waals surface area contributed by atoms with Crippen LogP contribution >= 0.6 is 11.8 Å². The number of benzene rings is 1. The molecule has 0 bridgehead atoms. The Labute approximate surface area is 105 Å². The van der Waals surface area contributed by atoms with E-state index in [0.717, 1.165) is 10.6 Å². The first-order valence-corrected chi connectivity index (χ1v) is 6.28. The monoisotopic (exact) mass is 243 g/mol. The molecule has 1 heterocycles. The molecular formula is C14H13NOS. The van der Waals surface area contributed by atoms with E-state index in [1.54, 1.807) is 13.1 Å². The second kappa shape index (κ2) is 5.64. The highest BCUT2D eigenvalue weighted by molar-refractivity contribution is 8.00. The fourth-order valence-corrected chi connectivity index (χ4v) is 2.53. The average molecular weight is 243 g/mol. The molecule has 0 aliphatic rings. The number of aromatic nitrogens is 1. The van der Waals surface area contributed by atoms with Gasteiger partial charge < -0.3 is 0 Å². The molecule has 0 aliphatic heterocycles. The van der Waals surface area contributed by atoms with E-state index in [9.17, 15) is 4.79 Å². The molecule has 17 heavy (non-hydrogen) atoms. The van der Waals surface area contributed by atoms with Crippen LogP contribution in [0, 0.1) is 0 Å². The minimum Gasteiger partial charge on any atom is -0.298 e. The molecule has 3 heteroatoms. The average Bonchev–Trinajstić information content (AvgIpc) is 2.38. The highest BCUT2D eigenvalue weighted by Gasteiger charge is 2.18. The number of pyridine rings is 1. The molecule has 2 rings (SSSR count). The normalized spacial score (nSPS) is 12.1. The van der Waals surface area contributed by atoms with Crippen molar-refractivity contribution < 1.29 is 4.79 Å². The molecule has 0 N–H and O–H groups in total. The number of carbonyl (C=O) groups is 1. The van der Waals surface area contributed by atoms with E-state index in [4.69, 9.17) is 0 Å². The van der Waals surface area contributed by atoms with Gasteiger partial charge in [-0.3, -0.25) is 9.78 Å². The lowest BCUT2D eigenvalue weighted by Crippen LogP contribution is -2.06. The summed E-state index contributed by atoms with van der Waals surface area (Å²) < 4.78 is 0. The SMILES string of the molecule is CC(=O)C(Sc1ccccc1)c1ccccn1. The smallest absolute Gasteiger partial charge is 0.149 e. The Bertz CT molecular complexity index is 484. The van der Waals surface area contributed by atoms with Gasteiger partial charge in [-0.15, -0.1) is 11.8 Å². The van der Waals surface area contributed by atoms with Gasteiger partial charge in [-0.25, -0.2) is 0 Å². The first-order chi connectivity index (χ1) is 8.27.